The lowest BCUT2D eigenvalue weighted by Gasteiger charge is -2.08. The van der Waals surface area contributed by atoms with E-state index < -0.39 is 23.1 Å². The molecule has 0 aliphatic carbocycles. The summed E-state index contributed by atoms with van der Waals surface area (Å²) in [6.45, 7) is 4.30. The van der Waals surface area contributed by atoms with Crippen LogP contribution < -0.4 is 10.6 Å². The Balaban J connectivity index is 2.43. The maximum absolute atomic E-state index is 13.3. The van der Waals surface area contributed by atoms with Gasteiger partial charge in [-0.05, 0) is 24.5 Å². The highest BCUT2D eigenvalue weighted by Crippen LogP contribution is 2.10. The monoisotopic (exact) mass is 284 g/mol. The van der Waals surface area contributed by atoms with Crippen molar-refractivity contribution in [1.82, 2.24) is 10.6 Å². The average Bonchev–Trinajstić information content (AvgIpc) is 2.38. The number of rotatable bonds is 6. The molecule has 4 nitrogen and oxygen atoms in total. The van der Waals surface area contributed by atoms with Gasteiger partial charge in [0.05, 0.1) is 12.1 Å². The van der Waals surface area contributed by atoms with Gasteiger partial charge in [-0.25, -0.2) is 8.78 Å². The zero-order valence-electron chi connectivity index (χ0n) is 11.5. The van der Waals surface area contributed by atoms with E-state index in [1.165, 1.54) is 6.07 Å². The molecule has 0 bridgehead atoms. The highest BCUT2D eigenvalue weighted by atomic mass is 19.2. The van der Waals surface area contributed by atoms with E-state index >= 15 is 0 Å². The van der Waals surface area contributed by atoms with E-state index in [0.29, 0.717) is 12.5 Å². The Kier molecular flexibility index (Phi) is 6.09. The normalized spacial score (nSPS) is 10.4. The lowest BCUT2D eigenvalue weighted by atomic mass is 10.1. The van der Waals surface area contributed by atoms with Crippen molar-refractivity contribution in [2.75, 3.05) is 13.1 Å². The quantitative estimate of drug-likeness (QED) is 0.837. The van der Waals surface area contributed by atoms with E-state index in [0.717, 1.165) is 18.6 Å². The summed E-state index contributed by atoms with van der Waals surface area (Å²) in [5.41, 5.74) is -0.417. The first-order valence-corrected chi connectivity index (χ1v) is 6.40. The van der Waals surface area contributed by atoms with Crippen LogP contribution in [0.25, 0.3) is 0 Å². The van der Waals surface area contributed by atoms with E-state index in [1.807, 2.05) is 13.8 Å². The first-order chi connectivity index (χ1) is 9.41. The Morgan fingerprint density at radius 2 is 1.90 bits per heavy atom. The number of nitrogens with one attached hydrogen (secondary N) is 2. The smallest absolute Gasteiger partial charge is 0.254 e. The molecule has 0 unspecified atom stereocenters. The van der Waals surface area contributed by atoms with E-state index in [9.17, 15) is 18.4 Å². The van der Waals surface area contributed by atoms with Gasteiger partial charge in [-0.1, -0.05) is 19.9 Å². The zero-order valence-corrected chi connectivity index (χ0v) is 11.5. The van der Waals surface area contributed by atoms with Gasteiger partial charge in [0.15, 0.2) is 11.6 Å². The molecule has 0 saturated carbocycles. The lowest BCUT2D eigenvalue weighted by Crippen LogP contribution is -2.37. The fourth-order valence-electron chi connectivity index (χ4n) is 1.50. The SMILES string of the molecule is CC(C)CCNC(=O)CNC(=O)c1cccc(F)c1F. The molecule has 0 aliphatic rings. The number of hydrogen-bond acceptors (Lipinski definition) is 2. The van der Waals surface area contributed by atoms with Crippen LogP contribution in [0, 0.1) is 17.6 Å². The third kappa shape index (κ3) is 4.95. The molecule has 6 heteroatoms. The van der Waals surface area contributed by atoms with Gasteiger partial charge in [0.1, 0.15) is 0 Å². The molecule has 2 N–H and O–H groups in total. The molecule has 2 amide bonds. The average molecular weight is 284 g/mol. The second-order valence-electron chi connectivity index (χ2n) is 4.82. The van der Waals surface area contributed by atoms with Crippen molar-refractivity contribution in [2.45, 2.75) is 20.3 Å². The molecular weight excluding hydrogens is 266 g/mol. The first kappa shape index (κ1) is 16.1. The summed E-state index contributed by atoms with van der Waals surface area (Å²) in [5, 5.41) is 4.87. The number of benzene rings is 1. The fourth-order valence-corrected chi connectivity index (χ4v) is 1.50. The van der Waals surface area contributed by atoms with Crippen molar-refractivity contribution in [3.05, 3.63) is 35.4 Å². The van der Waals surface area contributed by atoms with Crippen LogP contribution >= 0.6 is 0 Å². The van der Waals surface area contributed by atoms with Gasteiger partial charge in [-0.2, -0.15) is 0 Å². The Morgan fingerprint density at radius 3 is 2.55 bits per heavy atom. The highest BCUT2D eigenvalue weighted by molar-refractivity contribution is 5.96. The van der Waals surface area contributed by atoms with Crippen LogP contribution in [-0.2, 0) is 4.79 Å². The molecule has 110 valence electrons. The van der Waals surface area contributed by atoms with E-state index in [2.05, 4.69) is 10.6 Å². The van der Waals surface area contributed by atoms with E-state index in [4.69, 9.17) is 0 Å². The van der Waals surface area contributed by atoms with Crippen molar-refractivity contribution in [1.29, 1.82) is 0 Å². The standard InChI is InChI=1S/C14H18F2N2O2/c1-9(2)6-7-17-12(19)8-18-14(20)10-4-3-5-11(15)13(10)16/h3-5,9H,6-8H2,1-2H3,(H,17,19)(H,18,20). The van der Waals surface area contributed by atoms with Gasteiger partial charge in [0.25, 0.3) is 5.91 Å². The Hall–Kier alpha value is -1.98. The molecule has 0 aliphatic heterocycles. The zero-order chi connectivity index (χ0) is 15.1. The van der Waals surface area contributed by atoms with Crippen molar-refractivity contribution in [3.63, 3.8) is 0 Å². The van der Waals surface area contributed by atoms with Crippen molar-refractivity contribution >= 4 is 11.8 Å². The van der Waals surface area contributed by atoms with Crippen LogP contribution in [0.1, 0.15) is 30.6 Å². The molecule has 0 radical (unpaired) electrons. The van der Waals surface area contributed by atoms with Crippen molar-refractivity contribution in [2.24, 2.45) is 5.92 Å². The Morgan fingerprint density at radius 1 is 1.20 bits per heavy atom. The van der Waals surface area contributed by atoms with Gasteiger partial charge >= 0.3 is 0 Å². The molecule has 0 saturated heterocycles. The maximum atomic E-state index is 13.3. The number of amides is 2. The van der Waals surface area contributed by atoms with Crippen LogP contribution in [0.15, 0.2) is 18.2 Å². The van der Waals surface area contributed by atoms with Crippen LogP contribution in [0.5, 0.6) is 0 Å². The number of carbonyl (C=O) groups excluding carboxylic acids is 2. The Bertz CT molecular complexity index is 490. The molecule has 0 atom stereocenters. The Labute approximate surface area is 116 Å². The van der Waals surface area contributed by atoms with Crippen LogP contribution in [-0.4, -0.2) is 24.9 Å². The second-order valence-corrected chi connectivity index (χ2v) is 4.82. The second kappa shape index (κ2) is 7.57. The van der Waals surface area contributed by atoms with Crippen LogP contribution in [0.2, 0.25) is 0 Å². The van der Waals surface area contributed by atoms with E-state index in [-0.39, 0.29) is 12.5 Å². The largest absolute Gasteiger partial charge is 0.355 e. The molecule has 0 spiro atoms. The summed E-state index contributed by atoms with van der Waals surface area (Å²) in [4.78, 5) is 23.0. The minimum absolute atomic E-state index is 0.271. The maximum Gasteiger partial charge on any atom is 0.254 e. The third-order valence-electron chi connectivity index (χ3n) is 2.65. The van der Waals surface area contributed by atoms with Gasteiger partial charge < -0.3 is 10.6 Å². The molecule has 0 heterocycles. The van der Waals surface area contributed by atoms with Gasteiger partial charge in [-0.3, -0.25) is 9.59 Å². The van der Waals surface area contributed by atoms with Gasteiger partial charge in [0.2, 0.25) is 5.91 Å². The van der Waals surface area contributed by atoms with Crippen LogP contribution in [0.3, 0.4) is 0 Å². The van der Waals surface area contributed by atoms with Gasteiger partial charge in [0, 0.05) is 6.54 Å². The minimum atomic E-state index is -1.22. The molecule has 0 aromatic heterocycles. The van der Waals surface area contributed by atoms with Crippen molar-refractivity contribution < 1.29 is 18.4 Å². The predicted molar refractivity (Wildman–Crippen MR) is 71.2 cm³/mol. The number of carbonyl (C=O) groups is 2. The molecule has 0 fully saturated rings. The summed E-state index contributed by atoms with van der Waals surface area (Å²) in [7, 11) is 0. The summed E-state index contributed by atoms with van der Waals surface area (Å²) >= 11 is 0. The molecule has 1 aromatic rings. The minimum Gasteiger partial charge on any atom is -0.355 e. The summed E-state index contributed by atoms with van der Waals surface area (Å²) < 4.78 is 26.3. The molecule has 1 rings (SSSR count). The first-order valence-electron chi connectivity index (χ1n) is 6.40. The molecule has 20 heavy (non-hydrogen) atoms. The number of halogens is 2. The lowest BCUT2D eigenvalue weighted by molar-refractivity contribution is -0.120. The van der Waals surface area contributed by atoms with Gasteiger partial charge in [-0.15, -0.1) is 0 Å². The third-order valence-corrected chi connectivity index (χ3v) is 2.65. The molecule has 1 aromatic carbocycles. The van der Waals surface area contributed by atoms with E-state index in [1.54, 1.807) is 0 Å². The van der Waals surface area contributed by atoms with Crippen LogP contribution in [0.4, 0.5) is 8.78 Å². The summed E-state index contributed by atoms with van der Waals surface area (Å²) in [6.07, 6.45) is 0.832. The van der Waals surface area contributed by atoms with Crippen molar-refractivity contribution in [3.8, 4) is 0 Å². The fraction of sp³-hybridized carbons (Fsp3) is 0.429. The molecular formula is C14H18F2N2O2. The highest BCUT2D eigenvalue weighted by Gasteiger charge is 2.15. The topological polar surface area (TPSA) is 58.2 Å². The summed E-state index contributed by atoms with van der Waals surface area (Å²) in [6, 6.07) is 3.31. The summed E-state index contributed by atoms with van der Waals surface area (Å²) in [5.74, 6) is -3.03. The number of hydrogen-bond donors (Lipinski definition) is 2. The predicted octanol–water partition coefficient (Wildman–Crippen LogP) is 1.86.